The number of nitrogens with one attached hydrogen (secondary N) is 2. The third-order valence-corrected chi connectivity index (χ3v) is 5.84. The maximum atomic E-state index is 13.1. The fourth-order valence-electron chi connectivity index (χ4n) is 3.56. The smallest absolute Gasteiger partial charge is 0.262 e. The molecule has 0 aliphatic rings. The monoisotopic (exact) mass is 474 g/mol. The molecule has 172 valence electrons. The molecule has 1 aromatic heterocycles. The number of carbonyl (C=O) groups is 2. The fourth-order valence-corrected chi connectivity index (χ4v) is 3.81. The van der Waals surface area contributed by atoms with E-state index in [0.717, 1.165) is 16.9 Å². The lowest BCUT2D eigenvalue weighted by molar-refractivity contribution is 0.0996. The van der Waals surface area contributed by atoms with E-state index in [1.165, 1.54) is 10.6 Å². The van der Waals surface area contributed by atoms with Gasteiger partial charge >= 0.3 is 0 Å². The summed E-state index contributed by atoms with van der Waals surface area (Å²) < 4.78 is 6.88. The number of benzene rings is 3. The molecular weight excluding hydrogens is 452 g/mol. The number of fused-ring (bicyclic) bond motifs is 1. The Morgan fingerprint density at radius 3 is 2.44 bits per heavy atom. The first kappa shape index (κ1) is 22.9. The van der Waals surface area contributed by atoms with Crippen LogP contribution >= 0.6 is 12.2 Å². The van der Waals surface area contributed by atoms with Crippen molar-refractivity contribution in [3.63, 3.8) is 0 Å². The number of carbonyl (C=O) groups excluding carboxylic acids is 2. The van der Waals surface area contributed by atoms with Gasteiger partial charge in [0.15, 0.2) is 4.77 Å². The summed E-state index contributed by atoms with van der Waals surface area (Å²) in [5.74, 6) is -0.254. The van der Waals surface area contributed by atoms with Crippen LogP contribution in [-0.2, 0) is 6.54 Å². The number of nitrogens with zero attached hydrogens (tertiary/aromatic N) is 1. The number of primary amides is 1. The highest BCUT2D eigenvalue weighted by Crippen LogP contribution is 2.19. The Hall–Kier alpha value is -4.24. The number of nitrogens with two attached hydrogens (primary N) is 1. The van der Waals surface area contributed by atoms with Gasteiger partial charge in [0.2, 0.25) is 5.91 Å². The zero-order valence-electron chi connectivity index (χ0n) is 18.5. The second-order valence-electron chi connectivity index (χ2n) is 7.78. The van der Waals surface area contributed by atoms with Crippen molar-refractivity contribution >= 4 is 40.6 Å². The largest absolute Gasteiger partial charge is 0.497 e. The van der Waals surface area contributed by atoms with Crippen LogP contribution in [0.4, 0.5) is 5.69 Å². The van der Waals surface area contributed by atoms with Crippen LogP contribution in [0.5, 0.6) is 5.75 Å². The van der Waals surface area contributed by atoms with Gasteiger partial charge in [-0.15, -0.1) is 0 Å². The number of aryl methyl sites for hydroxylation is 1. The number of hydrogen-bond donors (Lipinski definition) is 3. The van der Waals surface area contributed by atoms with E-state index >= 15 is 0 Å². The summed E-state index contributed by atoms with van der Waals surface area (Å²) in [5.41, 5.74) is 8.30. The van der Waals surface area contributed by atoms with Crippen molar-refractivity contribution in [1.29, 1.82) is 0 Å². The van der Waals surface area contributed by atoms with Gasteiger partial charge in [0, 0.05) is 16.8 Å². The lowest BCUT2D eigenvalue weighted by atomic mass is 10.1. The Balaban J connectivity index is 1.64. The van der Waals surface area contributed by atoms with Crippen molar-refractivity contribution in [2.24, 2.45) is 5.73 Å². The maximum absolute atomic E-state index is 13.1. The predicted octanol–water partition coefficient (Wildman–Crippen LogP) is 3.78. The van der Waals surface area contributed by atoms with Crippen molar-refractivity contribution < 1.29 is 14.3 Å². The first-order valence-corrected chi connectivity index (χ1v) is 10.8. The lowest BCUT2D eigenvalue weighted by Gasteiger charge is -2.11. The summed E-state index contributed by atoms with van der Waals surface area (Å²) in [7, 11) is 1.59. The van der Waals surface area contributed by atoms with Crippen molar-refractivity contribution in [2.45, 2.75) is 13.5 Å². The Labute approximate surface area is 200 Å². The SMILES string of the molecule is COc1ccc(Cn2c(=S)[nH]c3cc(C(=O)Nc4cc(C(N)=O)ccc4C)ccc3c2=O)cc1. The Bertz CT molecular complexity index is 1540. The van der Waals surface area contributed by atoms with E-state index in [-0.39, 0.29) is 10.3 Å². The zero-order chi connectivity index (χ0) is 24.4. The molecule has 0 saturated heterocycles. The number of hydrogen-bond acceptors (Lipinski definition) is 5. The molecule has 1 heterocycles. The topological polar surface area (TPSA) is 119 Å². The van der Waals surface area contributed by atoms with Crippen molar-refractivity contribution in [2.75, 3.05) is 12.4 Å². The molecule has 4 aromatic rings. The highest BCUT2D eigenvalue weighted by atomic mass is 32.1. The second kappa shape index (κ2) is 9.32. The molecule has 0 saturated carbocycles. The molecule has 4 rings (SSSR count). The normalized spacial score (nSPS) is 10.8. The Kier molecular flexibility index (Phi) is 6.29. The molecule has 0 atom stereocenters. The number of H-pyrrole nitrogens is 1. The average molecular weight is 475 g/mol. The first-order valence-electron chi connectivity index (χ1n) is 10.4. The second-order valence-corrected chi connectivity index (χ2v) is 8.16. The van der Waals surface area contributed by atoms with Crippen LogP contribution < -0.4 is 21.3 Å². The van der Waals surface area contributed by atoms with Crippen molar-refractivity contribution in [3.05, 3.63) is 98.0 Å². The zero-order valence-corrected chi connectivity index (χ0v) is 19.4. The first-order chi connectivity index (χ1) is 16.3. The van der Waals surface area contributed by atoms with Crippen LogP contribution in [0.1, 0.15) is 31.8 Å². The highest BCUT2D eigenvalue weighted by molar-refractivity contribution is 7.71. The molecule has 8 nitrogen and oxygen atoms in total. The van der Waals surface area contributed by atoms with Gasteiger partial charge in [-0.3, -0.25) is 19.0 Å². The van der Waals surface area contributed by atoms with E-state index in [2.05, 4.69) is 10.3 Å². The van der Waals surface area contributed by atoms with Gasteiger partial charge in [-0.25, -0.2) is 0 Å². The van der Waals surface area contributed by atoms with Crippen LogP contribution in [0.2, 0.25) is 0 Å². The van der Waals surface area contributed by atoms with Crippen LogP contribution in [-0.4, -0.2) is 28.5 Å². The molecule has 0 unspecified atom stereocenters. The molecule has 0 aliphatic carbocycles. The number of methoxy groups -OCH3 is 1. The number of rotatable bonds is 6. The van der Waals surface area contributed by atoms with Gasteiger partial charge in [0.25, 0.3) is 11.5 Å². The van der Waals surface area contributed by atoms with Gasteiger partial charge in [-0.05, 0) is 72.7 Å². The molecule has 0 radical (unpaired) electrons. The summed E-state index contributed by atoms with van der Waals surface area (Å²) in [4.78, 5) is 40.5. The number of aromatic nitrogens is 2. The van der Waals surface area contributed by atoms with Crippen LogP contribution in [0.3, 0.4) is 0 Å². The van der Waals surface area contributed by atoms with E-state index in [1.54, 1.807) is 37.4 Å². The summed E-state index contributed by atoms with van der Waals surface area (Å²) in [6, 6.07) is 16.9. The molecule has 0 bridgehead atoms. The molecule has 3 aromatic carbocycles. The number of ether oxygens (including phenoxy) is 1. The predicted molar refractivity (Wildman–Crippen MR) is 133 cm³/mol. The fraction of sp³-hybridized carbons (Fsp3) is 0.120. The third kappa shape index (κ3) is 4.60. The molecule has 0 fully saturated rings. The van der Waals surface area contributed by atoms with E-state index in [4.69, 9.17) is 22.7 Å². The lowest BCUT2D eigenvalue weighted by Crippen LogP contribution is -2.23. The number of amides is 2. The van der Waals surface area contributed by atoms with Gasteiger partial charge in [-0.2, -0.15) is 0 Å². The average Bonchev–Trinajstić information content (AvgIpc) is 2.83. The van der Waals surface area contributed by atoms with Gasteiger partial charge < -0.3 is 20.8 Å². The molecule has 2 amide bonds. The summed E-state index contributed by atoms with van der Waals surface area (Å²) in [5, 5.41) is 3.20. The Morgan fingerprint density at radius 1 is 1.06 bits per heavy atom. The molecule has 0 spiro atoms. The standard InChI is InChI=1S/C25H22N4O4S/c1-14-3-6-16(22(26)30)11-20(14)27-23(31)17-7-10-19-21(12-17)28-25(34)29(24(19)32)13-15-4-8-18(33-2)9-5-15/h3-12H,13H2,1-2H3,(H2,26,30)(H,27,31)(H,28,34). The quantitative estimate of drug-likeness (QED) is 0.368. The van der Waals surface area contributed by atoms with E-state index < -0.39 is 11.8 Å². The van der Waals surface area contributed by atoms with Crippen molar-refractivity contribution in [1.82, 2.24) is 9.55 Å². The third-order valence-electron chi connectivity index (χ3n) is 5.51. The summed E-state index contributed by atoms with van der Waals surface area (Å²) in [6.07, 6.45) is 0. The van der Waals surface area contributed by atoms with Crippen LogP contribution in [0.15, 0.2) is 65.5 Å². The van der Waals surface area contributed by atoms with Crippen molar-refractivity contribution in [3.8, 4) is 5.75 Å². The number of aromatic amines is 1. The van der Waals surface area contributed by atoms with Gasteiger partial charge in [0.05, 0.1) is 24.6 Å². The Morgan fingerprint density at radius 2 is 1.76 bits per heavy atom. The molecule has 0 aliphatic heterocycles. The molecule has 9 heteroatoms. The van der Waals surface area contributed by atoms with E-state index in [1.807, 2.05) is 31.2 Å². The molecule has 4 N–H and O–H groups in total. The summed E-state index contributed by atoms with van der Waals surface area (Å²) in [6.45, 7) is 2.11. The van der Waals surface area contributed by atoms with E-state index in [0.29, 0.717) is 34.3 Å². The van der Waals surface area contributed by atoms with Gasteiger partial charge in [-0.1, -0.05) is 18.2 Å². The molecule has 34 heavy (non-hydrogen) atoms. The minimum atomic E-state index is -0.584. The van der Waals surface area contributed by atoms with E-state index in [9.17, 15) is 14.4 Å². The summed E-state index contributed by atoms with van der Waals surface area (Å²) >= 11 is 5.42. The van der Waals surface area contributed by atoms with Crippen LogP contribution in [0.25, 0.3) is 10.9 Å². The maximum Gasteiger partial charge on any atom is 0.262 e. The minimum Gasteiger partial charge on any atom is -0.497 e. The molecular formula is C25H22N4O4S. The minimum absolute atomic E-state index is 0.246. The number of anilines is 1. The highest BCUT2D eigenvalue weighted by Gasteiger charge is 2.13. The van der Waals surface area contributed by atoms with Gasteiger partial charge in [0.1, 0.15) is 5.75 Å². The van der Waals surface area contributed by atoms with Crippen LogP contribution in [0, 0.1) is 11.7 Å².